The van der Waals surface area contributed by atoms with Gasteiger partial charge in [-0.2, -0.15) is 0 Å². The van der Waals surface area contributed by atoms with Crippen molar-refractivity contribution in [2.24, 2.45) is 0 Å². The van der Waals surface area contributed by atoms with Crippen molar-refractivity contribution in [2.45, 2.75) is 30.8 Å². The number of fused-ring (bicyclic) bond motifs is 3. The highest BCUT2D eigenvalue weighted by molar-refractivity contribution is 7.98. The molecule has 2 aromatic heterocycles. The third kappa shape index (κ3) is 3.96. The Hall–Kier alpha value is -2.61. The summed E-state index contributed by atoms with van der Waals surface area (Å²) in [7, 11) is 3.77. The van der Waals surface area contributed by atoms with Crippen LogP contribution in [0.5, 0.6) is 5.75 Å². The first-order chi connectivity index (χ1) is 15.5. The Balaban J connectivity index is 1.64. The molecule has 0 bridgehead atoms. The lowest BCUT2D eigenvalue weighted by molar-refractivity contribution is 0.318. The molecule has 0 saturated carbocycles. The molecule has 0 spiro atoms. The summed E-state index contributed by atoms with van der Waals surface area (Å²) in [4.78, 5) is 23.3. The highest BCUT2D eigenvalue weighted by atomic mass is 32.2. The van der Waals surface area contributed by atoms with Gasteiger partial charge in [-0.05, 0) is 55.8 Å². The van der Waals surface area contributed by atoms with E-state index in [-0.39, 0.29) is 5.56 Å². The fraction of sp³-hybridized carbons (Fsp3) is 0.280. The van der Waals surface area contributed by atoms with Gasteiger partial charge in [-0.3, -0.25) is 9.36 Å². The lowest BCUT2D eigenvalue weighted by Gasteiger charge is -2.21. The van der Waals surface area contributed by atoms with Gasteiger partial charge in [0, 0.05) is 23.7 Å². The molecular weight excluding hydrogens is 438 g/mol. The maximum Gasteiger partial charge on any atom is 0.267 e. The molecular formula is C25H25N3O2S2. The standard InChI is InChI=1S/C25H25N3O2S2/c1-16-4-6-17(7-5-16)15-31-25-26-23-22(20-12-13-27(2)14-21(20)32-23)24(29)28(25)18-8-10-19(30-3)11-9-18/h4-11H,12-15H2,1-3H3. The Kier molecular flexibility index (Phi) is 5.80. The lowest BCUT2D eigenvalue weighted by atomic mass is 10.1. The number of nitrogens with zero attached hydrogens (tertiary/aromatic N) is 3. The minimum absolute atomic E-state index is 0.0219. The Morgan fingerprint density at radius 3 is 2.59 bits per heavy atom. The van der Waals surface area contributed by atoms with Crippen molar-refractivity contribution in [1.29, 1.82) is 0 Å². The van der Waals surface area contributed by atoms with Crippen molar-refractivity contribution in [3.05, 3.63) is 80.5 Å². The Morgan fingerprint density at radius 2 is 1.88 bits per heavy atom. The molecule has 2 aromatic carbocycles. The molecule has 0 atom stereocenters. The molecule has 0 radical (unpaired) electrons. The lowest BCUT2D eigenvalue weighted by Crippen LogP contribution is -2.27. The smallest absolute Gasteiger partial charge is 0.267 e. The largest absolute Gasteiger partial charge is 0.497 e. The third-order valence-electron chi connectivity index (χ3n) is 5.85. The van der Waals surface area contributed by atoms with E-state index in [1.165, 1.54) is 21.6 Å². The fourth-order valence-electron chi connectivity index (χ4n) is 4.04. The summed E-state index contributed by atoms with van der Waals surface area (Å²) in [6.07, 6.45) is 0.890. The van der Waals surface area contributed by atoms with E-state index < -0.39 is 0 Å². The summed E-state index contributed by atoms with van der Waals surface area (Å²) in [5.41, 5.74) is 4.46. The molecule has 0 saturated heterocycles. The van der Waals surface area contributed by atoms with E-state index in [1.54, 1.807) is 34.8 Å². The molecule has 32 heavy (non-hydrogen) atoms. The zero-order chi connectivity index (χ0) is 22.2. The van der Waals surface area contributed by atoms with Gasteiger partial charge in [-0.25, -0.2) is 4.98 Å². The van der Waals surface area contributed by atoms with Crippen LogP contribution in [-0.2, 0) is 18.7 Å². The first kappa shape index (κ1) is 21.2. The Labute approximate surface area is 195 Å². The molecule has 1 aliphatic heterocycles. The first-order valence-corrected chi connectivity index (χ1v) is 12.4. The number of ether oxygens (including phenoxy) is 1. The molecule has 0 aliphatic carbocycles. The van der Waals surface area contributed by atoms with Crippen molar-refractivity contribution in [1.82, 2.24) is 14.5 Å². The van der Waals surface area contributed by atoms with Crippen molar-refractivity contribution < 1.29 is 4.74 Å². The number of benzene rings is 2. The highest BCUT2D eigenvalue weighted by Gasteiger charge is 2.24. The SMILES string of the molecule is COc1ccc(-n2c(SCc3ccc(C)cc3)nc3sc4c(c3c2=O)CCN(C)C4)cc1. The van der Waals surface area contributed by atoms with Gasteiger partial charge in [-0.15, -0.1) is 11.3 Å². The maximum atomic E-state index is 13.8. The van der Waals surface area contributed by atoms with E-state index in [9.17, 15) is 4.79 Å². The van der Waals surface area contributed by atoms with Crippen molar-refractivity contribution in [3.8, 4) is 11.4 Å². The molecule has 4 aromatic rings. The summed E-state index contributed by atoms with van der Waals surface area (Å²) < 4.78 is 7.08. The van der Waals surface area contributed by atoms with E-state index in [2.05, 4.69) is 43.1 Å². The van der Waals surface area contributed by atoms with Gasteiger partial charge in [0.15, 0.2) is 5.16 Å². The van der Waals surface area contributed by atoms with Gasteiger partial charge in [0.2, 0.25) is 0 Å². The summed E-state index contributed by atoms with van der Waals surface area (Å²) in [5, 5.41) is 1.51. The zero-order valence-electron chi connectivity index (χ0n) is 18.4. The normalized spacial score (nSPS) is 14.0. The number of aryl methyl sites for hydroxylation is 1. The second kappa shape index (κ2) is 8.73. The van der Waals surface area contributed by atoms with E-state index in [1.807, 2.05) is 24.3 Å². The van der Waals surface area contributed by atoms with Crippen molar-refractivity contribution in [2.75, 3.05) is 20.7 Å². The topological polar surface area (TPSA) is 47.4 Å². The van der Waals surface area contributed by atoms with Crippen LogP contribution in [0.25, 0.3) is 15.9 Å². The monoisotopic (exact) mass is 463 g/mol. The second-order valence-electron chi connectivity index (χ2n) is 8.18. The van der Waals surface area contributed by atoms with Crippen LogP contribution in [0.4, 0.5) is 0 Å². The van der Waals surface area contributed by atoms with Gasteiger partial charge in [0.05, 0.1) is 18.2 Å². The Morgan fingerprint density at radius 1 is 1.12 bits per heavy atom. The molecule has 7 heteroatoms. The van der Waals surface area contributed by atoms with Crippen LogP contribution in [0, 0.1) is 6.92 Å². The number of rotatable bonds is 5. The quantitative estimate of drug-likeness (QED) is 0.306. The maximum absolute atomic E-state index is 13.8. The van der Waals surface area contributed by atoms with E-state index in [4.69, 9.17) is 9.72 Å². The van der Waals surface area contributed by atoms with Gasteiger partial charge in [0.25, 0.3) is 5.56 Å². The molecule has 164 valence electrons. The Bertz CT molecular complexity index is 1320. The molecule has 0 unspecified atom stereocenters. The molecule has 3 heterocycles. The molecule has 1 aliphatic rings. The number of hydrogen-bond acceptors (Lipinski definition) is 6. The summed E-state index contributed by atoms with van der Waals surface area (Å²) in [6, 6.07) is 16.1. The fourth-order valence-corrected chi connectivity index (χ4v) is 6.35. The summed E-state index contributed by atoms with van der Waals surface area (Å²) >= 11 is 3.27. The minimum Gasteiger partial charge on any atom is -0.497 e. The molecule has 0 N–H and O–H groups in total. The second-order valence-corrected chi connectivity index (χ2v) is 10.2. The van der Waals surface area contributed by atoms with Crippen molar-refractivity contribution >= 4 is 33.3 Å². The molecule has 0 amide bonds. The number of hydrogen-bond donors (Lipinski definition) is 0. The number of methoxy groups -OCH3 is 1. The van der Waals surface area contributed by atoms with Gasteiger partial charge < -0.3 is 9.64 Å². The van der Waals surface area contributed by atoms with Crippen LogP contribution in [0.15, 0.2) is 58.5 Å². The van der Waals surface area contributed by atoms with Crippen LogP contribution in [-0.4, -0.2) is 35.2 Å². The third-order valence-corrected chi connectivity index (χ3v) is 7.97. The number of aromatic nitrogens is 2. The van der Waals surface area contributed by atoms with E-state index >= 15 is 0 Å². The summed E-state index contributed by atoms with van der Waals surface area (Å²) in [6.45, 7) is 3.93. The minimum atomic E-state index is 0.0219. The molecule has 0 fully saturated rings. The number of thioether (sulfide) groups is 1. The van der Waals surface area contributed by atoms with Gasteiger partial charge in [0.1, 0.15) is 10.6 Å². The van der Waals surface area contributed by atoms with Gasteiger partial charge in [-0.1, -0.05) is 41.6 Å². The van der Waals surface area contributed by atoms with Crippen LogP contribution >= 0.6 is 23.1 Å². The predicted octanol–water partition coefficient (Wildman–Crippen LogP) is 5.04. The number of likely N-dealkylation sites (N-methyl/N-ethyl adjacent to an activating group) is 1. The van der Waals surface area contributed by atoms with Crippen LogP contribution < -0.4 is 10.3 Å². The number of thiophene rings is 1. The van der Waals surface area contributed by atoms with Crippen molar-refractivity contribution in [3.63, 3.8) is 0 Å². The molecule has 5 nitrogen and oxygen atoms in total. The van der Waals surface area contributed by atoms with Crippen LogP contribution in [0.2, 0.25) is 0 Å². The van der Waals surface area contributed by atoms with Gasteiger partial charge >= 0.3 is 0 Å². The predicted molar refractivity (Wildman–Crippen MR) is 133 cm³/mol. The van der Waals surface area contributed by atoms with E-state index in [0.717, 1.165) is 52.1 Å². The van der Waals surface area contributed by atoms with Crippen LogP contribution in [0.1, 0.15) is 21.6 Å². The zero-order valence-corrected chi connectivity index (χ0v) is 20.1. The van der Waals surface area contributed by atoms with E-state index in [0.29, 0.717) is 0 Å². The molecule has 5 rings (SSSR count). The summed E-state index contributed by atoms with van der Waals surface area (Å²) in [5.74, 6) is 1.52. The highest BCUT2D eigenvalue weighted by Crippen LogP contribution is 2.34. The van der Waals surface area contributed by atoms with Crippen LogP contribution in [0.3, 0.4) is 0 Å². The first-order valence-electron chi connectivity index (χ1n) is 10.6. The average Bonchev–Trinajstić information content (AvgIpc) is 3.16. The average molecular weight is 464 g/mol.